The van der Waals surface area contributed by atoms with Gasteiger partial charge in [0.25, 0.3) is 0 Å². The monoisotopic (exact) mass is 151 g/mol. The number of halogens is 1. The van der Waals surface area contributed by atoms with Gasteiger partial charge in [0.1, 0.15) is 6.17 Å². The summed E-state index contributed by atoms with van der Waals surface area (Å²) >= 11 is 0. The molecule has 0 bridgehead atoms. The minimum atomic E-state index is -0.815. The SMILES string of the molecule is Cc1ccc2c(c1)C(F)CN2. The summed E-state index contributed by atoms with van der Waals surface area (Å²) in [6.07, 6.45) is -0.815. The van der Waals surface area contributed by atoms with E-state index in [1.54, 1.807) is 0 Å². The Labute approximate surface area is 65.2 Å². The van der Waals surface area contributed by atoms with Crippen molar-refractivity contribution in [3.8, 4) is 0 Å². The van der Waals surface area contributed by atoms with Gasteiger partial charge in [-0.2, -0.15) is 0 Å². The maximum absolute atomic E-state index is 13.0. The molecule has 0 spiro atoms. The molecule has 1 aliphatic heterocycles. The van der Waals surface area contributed by atoms with Gasteiger partial charge in [-0.3, -0.25) is 0 Å². The fourth-order valence-corrected chi connectivity index (χ4v) is 1.41. The van der Waals surface area contributed by atoms with Crippen LogP contribution in [0.1, 0.15) is 17.3 Å². The van der Waals surface area contributed by atoms with Crippen molar-refractivity contribution in [2.45, 2.75) is 13.1 Å². The van der Waals surface area contributed by atoms with E-state index in [0.717, 1.165) is 16.8 Å². The first-order valence-electron chi connectivity index (χ1n) is 3.76. The van der Waals surface area contributed by atoms with Crippen molar-refractivity contribution < 1.29 is 4.39 Å². The fraction of sp³-hybridized carbons (Fsp3) is 0.333. The summed E-state index contributed by atoms with van der Waals surface area (Å²) in [7, 11) is 0. The first-order valence-corrected chi connectivity index (χ1v) is 3.76. The van der Waals surface area contributed by atoms with Crippen LogP contribution in [-0.2, 0) is 0 Å². The summed E-state index contributed by atoms with van der Waals surface area (Å²) in [4.78, 5) is 0. The molecule has 1 aromatic rings. The number of hydrogen-bond donors (Lipinski definition) is 1. The van der Waals surface area contributed by atoms with Crippen molar-refractivity contribution in [3.05, 3.63) is 29.3 Å². The molecule has 0 fully saturated rings. The van der Waals surface area contributed by atoms with Gasteiger partial charge in [0.2, 0.25) is 0 Å². The fourth-order valence-electron chi connectivity index (χ4n) is 1.41. The topological polar surface area (TPSA) is 12.0 Å². The Hall–Kier alpha value is -1.05. The van der Waals surface area contributed by atoms with E-state index in [0.29, 0.717) is 6.54 Å². The molecular formula is C9H10FN. The summed E-state index contributed by atoms with van der Waals surface area (Å²) in [5, 5.41) is 3.00. The van der Waals surface area contributed by atoms with Crippen molar-refractivity contribution in [2.24, 2.45) is 0 Å². The normalized spacial score (nSPS) is 21.1. The number of benzene rings is 1. The van der Waals surface area contributed by atoms with Crippen LogP contribution >= 0.6 is 0 Å². The van der Waals surface area contributed by atoms with Gasteiger partial charge in [0.05, 0.1) is 6.54 Å². The van der Waals surface area contributed by atoms with Gasteiger partial charge in [0.15, 0.2) is 0 Å². The van der Waals surface area contributed by atoms with Gasteiger partial charge in [-0.15, -0.1) is 0 Å². The highest BCUT2D eigenvalue weighted by Gasteiger charge is 2.20. The van der Waals surface area contributed by atoms with Gasteiger partial charge in [-0.25, -0.2) is 4.39 Å². The smallest absolute Gasteiger partial charge is 0.144 e. The minimum absolute atomic E-state index is 0.429. The Morgan fingerprint density at radius 1 is 1.55 bits per heavy atom. The van der Waals surface area contributed by atoms with Crippen LogP contribution < -0.4 is 5.32 Å². The molecule has 0 amide bonds. The first kappa shape index (κ1) is 6.65. The lowest BCUT2D eigenvalue weighted by Gasteiger charge is -2.00. The molecule has 2 rings (SSSR count). The van der Waals surface area contributed by atoms with Crippen LogP contribution in [0.15, 0.2) is 18.2 Å². The summed E-state index contributed by atoms with van der Waals surface area (Å²) in [5.74, 6) is 0. The maximum atomic E-state index is 13.0. The lowest BCUT2D eigenvalue weighted by atomic mass is 10.1. The Bertz CT molecular complexity index is 283. The van der Waals surface area contributed by atoms with E-state index in [4.69, 9.17) is 0 Å². The average molecular weight is 151 g/mol. The molecule has 2 heteroatoms. The molecule has 1 aliphatic rings. The third-order valence-electron chi connectivity index (χ3n) is 2.02. The van der Waals surface area contributed by atoms with Crippen molar-refractivity contribution in [2.75, 3.05) is 11.9 Å². The molecule has 0 radical (unpaired) electrons. The molecule has 1 heterocycles. The molecular weight excluding hydrogens is 141 g/mol. The van der Waals surface area contributed by atoms with Gasteiger partial charge >= 0.3 is 0 Å². The lowest BCUT2D eigenvalue weighted by molar-refractivity contribution is 0.373. The number of nitrogens with one attached hydrogen (secondary N) is 1. The molecule has 58 valence electrons. The second kappa shape index (κ2) is 2.22. The van der Waals surface area contributed by atoms with Gasteiger partial charge < -0.3 is 5.32 Å². The lowest BCUT2D eigenvalue weighted by Crippen LogP contribution is -1.94. The van der Waals surface area contributed by atoms with Crippen LogP contribution in [0, 0.1) is 6.92 Å². The highest BCUT2D eigenvalue weighted by atomic mass is 19.1. The van der Waals surface area contributed by atoms with Gasteiger partial charge in [-0.1, -0.05) is 17.7 Å². The second-order valence-corrected chi connectivity index (χ2v) is 2.94. The molecule has 1 unspecified atom stereocenters. The van der Waals surface area contributed by atoms with Gasteiger partial charge in [0, 0.05) is 11.3 Å². The van der Waals surface area contributed by atoms with E-state index in [-0.39, 0.29) is 0 Å². The van der Waals surface area contributed by atoms with Crippen LogP contribution in [0.5, 0.6) is 0 Å². The summed E-state index contributed by atoms with van der Waals surface area (Å²) < 4.78 is 13.0. The number of aryl methyl sites for hydroxylation is 1. The van der Waals surface area contributed by atoms with E-state index in [9.17, 15) is 4.39 Å². The Morgan fingerprint density at radius 3 is 3.18 bits per heavy atom. The van der Waals surface area contributed by atoms with Crippen LogP contribution in [0.3, 0.4) is 0 Å². The standard InChI is InChI=1S/C9H10FN/c1-6-2-3-9-7(4-6)8(10)5-11-9/h2-4,8,11H,5H2,1H3. The van der Waals surface area contributed by atoms with Gasteiger partial charge in [-0.05, 0) is 13.0 Å². The molecule has 1 N–H and O–H groups in total. The third kappa shape index (κ3) is 0.985. The van der Waals surface area contributed by atoms with Crippen LogP contribution in [-0.4, -0.2) is 6.54 Å². The highest BCUT2D eigenvalue weighted by molar-refractivity contribution is 5.57. The van der Waals surface area contributed by atoms with Crippen LogP contribution in [0.2, 0.25) is 0 Å². The predicted molar refractivity (Wildman–Crippen MR) is 43.5 cm³/mol. The maximum Gasteiger partial charge on any atom is 0.144 e. The number of rotatable bonds is 0. The number of hydrogen-bond acceptors (Lipinski definition) is 1. The molecule has 1 atom stereocenters. The van der Waals surface area contributed by atoms with E-state index in [1.165, 1.54) is 0 Å². The molecule has 1 nitrogen and oxygen atoms in total. The molecule has 11 heavy (non-hydrogen) atoms. The first-order chi connectivity index (χ1) is 5.27. The van der Waals surface area contributed by atoms with Crippen molar-refractivity contribution in [3.63, 3.8) is 0 Å². The third-order valence-corrected chi connectivity index (χ3v) is 2.02. The van der Waals surface area contributed by atoms with Crippen LogP contribution in [0.4, 0.5) is 10.1 Å². The Morgan fingerprint density at radius 2 is 2.36 bits per heavy atom. The second-order valence-electron chi connectivity index (χ2n) is 2.94. The molecule has 0 saturated heterocycles. The number of fused-ring (bicyclic) bond motifs is 1. The summed E-state index contributed by atoms with van der Waals surface area (Å²) in [6, 6.07) is 5.83. The predicted octanol–water partition coefficient (Wildman–Crippen LogP) is 2.43. The Balaban J connectivity index is 2.52. The molecule has 1 aromatic carbocycles. The van der Waals surface area contributed by atoms with E-state index >= 15 is 0 Å². The largest absolute Gasteiger partial charge is 0.381 e. The van der Waals surface area contributed by atoms with E-state index in [1.807, 2.05) is 25.1 Å². The quantitative estimate of drug-likeness (QED) is 0.600. The van der Waals surface area contributed by atoms with Crippen molar-refractivity contribution >= 4 is 5.69 Å². The minimum Gasteiger partial charge on any atom is -0.381 e. The van der Waals surface area contributed by atoms with E-state index < -0.39 is 6.17 Å². The van der Waals surface area contributed by atoms with Crippen LogP contribution in [0.25, 0.3) is 0 Å². The molecule has 0 aromatic heterocycles. The zero-order valence-corrected chi connectivity index (χ0v) is 6.39. The summed E-state index contributed by atoms with van der Waals surface area (Å²) in [5.41, 5.74) is 2.88. The zero-order chi connectivity index (χ0) is 7.84. The van der Waals surface area contributed by atoms with Crippen molar-refractivity contribution in [1.82, 2.24) is 0 Å². The number of alkyl halides is 1. The molecule has 0 saturated carbocycles. The Kier molecular flexibility index (Phi) is 1.34. The molecule has 0 aliphatic carbocycles. The summed E-state index contributed by atoms with van der Waals surface area (Å²) in [6.45, 7) is 2.41. The van der Waals surface area contributed by atoms with Crippen molar-refractivity contribution in [1.29, 1.82) is 0 Å². The highest BCUT2D eigenvalue weighted by Crippen LogP contribution is 2.32. The zero-order valence-electron chi connectivity index (χ0n) is 6.39. The average Bonchev–Trinajstić information content (AvgIpc) is 2.33. The number of anilines is 1. The van der Waals surface area contributed by atoms with E-state index in [2.05, 4.69) is 5.32 Å².